The minimum absolute atomic E-state index is 0.162. The fraction of sp³-hybridized carbons (Fsp3) is 0.0833. The number of halogens is 1. The van der Waals surface area contributed by atoms with E-state index in [1.165, 1.54) is 0 Å². The van der Waals surface area contributed by atoms with Gasteiger partial charge < -0.3 is 14.7 Å². The zero-order valence-corrected chi connectivity index (χ0v) is 10.4. The van der Waals surface area contributed by atoms with Crippen molar-refractivity contribution in [1.82, 2.24) is 15.0 Å². The zero-order chi connectivity index (χ0) is 13.2. The Bertz CT molecular complexity index is 770. The number of furan rings is 1. The predicted octanol–water partition coefficient (Wildman–Crippen LogP) is 2.69. The summed E-state index contributed by atoms with van der Waals surface area (Å²) in [6.45, 7) is 0.412. The highest BCUT2D eigenvalue weighted by Gasteiger charge is 2.08. The number of hydrogen-bond donors (Lipinski definition) is 2. The van der Waals surface area contributed by atoms with Crippen LogP contribution in [0.25, 0.3) is 11.0 Å². The third-order valence-electron chi connectivity index (χ3n) is 2.59. The van der Waals surface area contributed by atoms with Crippen molar-refractivity contribution in [2.45, 2.75) is 6.54 Å². The molecule has 3 aromatic rings. The first-order valence-electron chi connectivity index (χ1n) is 5.49. The number of hydrogen-bond acceptors (Lipinski definition) is 5. The van der Waals surface area contributed by atoms with E-state index in [0.29, 0.717) is 23.8 Å². The van der Waals surface area contributed by atoms with Crippen molar-refractivity contribution in [2.24, 2.45) is 0 Å². The molecule has 0 aromatic carbocycles. The number of fused-ring (bicyclic) bond motifs is 1. The molecular formula is C12H8ClN5O. The first-order chi connectivity index (χ1) is 9.26. The molecule has 0 atom stereocenters. The predicted molar refractivity (Wildman–Crippen MR) is 69.6 cm³/mol. The summed E-state index contributed by atoms with van der Waals surface area (Å²) in [7, 11) is 0. The van der Waals surface area contributed by atoms with Gasteiger partial charge in [-0.05, 0) is 29.8 Å². The van der Waals surface area contributed by atoms with Gasteiger partial charge in [0.1, 0.15) is 23.3 Å². The Kier molecular flexibility index (Phi) is 2.82. The molecule has 0 saturated carbocycles. The van der Waals surface area contributed by atoms with Crippen LogP contribution in [0.1, 0.15) is 11.5 Å². The van der Waals surface area contributed by atoms with Gasteiger partial charge in [0.05, 0.1) is 11.9 Å². The number of nitriles is 1. The highest BCUT2D eigenvalue weighted by molar-refractivity contribution is 6.28. The van der Waals surface area contributed by atoms with Crippen LogP contribution >= 0.6 is 11.6 Å². The quantitative estimate of drug-likeness (QED) is 0.716. The molecule has 3 heterocycles. The van der Waals surface area contributed by atoms with Crippen LogP contribution in [-0.2, 0) is 6.54 Å². The number of aromatic nitrogens is 3. The molecular weight excluding hydrogens is 266 g/mol. The van der Waals surface area contributed by atoms with Crippen LogP contribution in [0.4, 0.5) is 5.82 Å². The van der Waals surface area contributed by atoms with Gasteiger partial charge >= 0.3 is 0 Å². The molecule has 0 aliphatic heterocycles. The van der Waals surface area contributed by atoms with Gasteiger partial charge in [0, 0.05) is 6.20 Å². The molecule has 3 aromatic heterocycles. The molecule has 94 valence electrons. The maximum absolute atomic E-state index is 8.68. The first-order valence-corrected chi connectivity index (χ1v) is 5.87. The monoisotopic (exact) mass is 273 g/mol. The zero-order valence-electron chi connectivity index (χ0n) is 9.64. The number of H-pyrrole nitrogens is 1. The Balaban J connectivity index is 1.85. The van der Waals surface area contributed by atoms with Gasteiger partial charge in [0.15, 0.2) is 0 Å². The van der Waals surface area contributed by atoms with Gasteiger partial charge in [-0.25, -0.2) is 4.98 Å². The normalized spacial score (nSPS) is 10.5. The van der Waals surface area contributed by atoms with E-state index in [1.54, 1.807) is 18.3 Å². The molecule has 3 rings (SSSR count). The van der Waals surface area contributed by atoms with Crippen LogP contribution in [-0.4, -0.2) is 15.0 Å². The Labute approximate surface area is 113 Å². The Morgan fingerprint density at radius 3 is 3.05 bits per heavy atom. The summed E-state index contributed by atoms with van der Waals surface area (Å²) in [6.07, 6.45) is 1.77. The summed E-state index contributed by atoms with van der Waals surface area (Å²) in [5, 5.41) is 12.8. The summed E-state index contributed by atoms with van der Waals surface area (Å²) < 4.78 is 5.27. The molecule has 0 fully saturated rings. The lowest BCUT2D eigenvalue weighted by molar-refractivity contribution is 0.506. The second-order valence-corrected chi connectivity index (χ2v) is 4.15. The lowest BCUT2D eigenvalue weighted by Crippen LogP contribution is -2.02. The number of nitrogens with one attached hydrogen (secondary N) is 2. The molecule has 0 saturated heterocycles. The van der Waals surface area contributed by atoms with Crippen molar-refractivity contribution in [3.63, 3.8) is 0 Å². The van der Waals surface area contributed by atoms with E-state index in [2.05, 4.69) is 20.3 Å². The lowest BCUT2D eigenvalue weighted by Gasteiger charge is -2.05. The smallest absolute Gasteiger partial charge is 0.226 e. The van der Waals surface area contributed by atoms with Crippen molar-refractivity contribution >= 4 is 28.5 Å². The summed E-state index contributed by atoms with van der Waals surface area (Å²) in [5.41, 5.74) is 0.666. The van der Waals surface area contributed by atoms with Gasteiger partial charge in [0.25, 0.3) is 0 Å². The molecule has 2 N–H and O–H groups in total. The van der Waals surface area contributed by atoms with Crippen molar-refractivity contribution in [1.29, 1.82) is 5.26 Å². The Morgan fingerprint density at radius 1 is 1.37 bits per heavy atom. The standard InChI is InChI=1S/C12H8ClN5O/c13-12-17-10-9(3-4-15-10)11(18-12)16-6-8-2-1-7(5-14)19-8/h1-4H,6H2,(H2,15,16,17,18). The van der Waals surface area contributed by atoms with Gasteiger partial charge in [-0.3, -0.25) is 0 Å². The third kappa shape index (κ3) is 2.23. The summed E-state index contributed by atoms with van der Waals surface area (Å²) in [6, 6.07) is 7.15. The minimum atomic E-state index is 0.162. The van der Waals surface area contributed by atoms with Gasteiger partial charge in [-0.1, -0.05) is 0 Å². The maximum Gasteiger partial charge on any atom is 0.226 e. The second kappa shape index (κ2) is 4.63. The lowest BCUT2D eigenvalue weighted by atomic mass is 10.3. The molecule has 0 aliphatic carbocycles. The van der Waals surface area contributed by atoms with E-state index < -0.39 is 0 Å². The highest BCUT2D eigenvalue weighted by Crippen LogP contribution is 2.21. The Hall–Kier alpha value is -2.52. The Morgan fingerprint density at radius 2 is 2.26 bits per heavy atom. The molecule has 0 radical (unpaired) electrons. The SMILES string of the molecule is N#Cc1ccc(CNc2nc(Cl)nc3[nH]ccc23)o1. The number of aromatic amines is 1. The van der Waals surface area contributed by atoms with Crippen LogP contribution in [0.5, 0.6) is 0 Å². The highest BCUT2D eigenvalue weighted by atomic mass is 35.5. The largest absolute Gasteiger partial charge is 0.449 e. The maximum atomic E-state index is 8.68. The van der Waals surface area contributed by atoms with E-state index >= 15 is 0 Å². The molecule has 0 unspecified atom stereocenters. The fourth-order valence-electron chi connectivity index (χ4n) is 1.75. The van der Waals surface area contributed by atoms with Gasteiger partial charge in [-0.15, -0.1) is 0 Å². The summed E-state index contributed by atoms with van der Waals surface area (Å²) in [5.74, 6) is 1.55. The van der Waals surface area contributed by atoms with Crippen LogP contribution in [0.3, 0.4) is 0 Å². The van der Waals surface area contributed by atoms with Crippen LogP contribution in [0.15, 0.2) is 28.8 Å². The van der Waals surface area contributed by atoms with E-state index in [0.717, 1.165) is 5.39 Å². The molecule has 0 bridgehead atoms. The van der Waals surface area contributed by atoms with E-state index in [-0.39, 0.29) is 11.0 Å². The van der Waals surface area contributed by atoms with Crippen molar-refractivity contribution in [3.05, 3.63) is 41.2 Å². The van der Waals surface area contributed by atoms with Crippen molar-refractivity contribution in [3.8, 4) is 6.07 Å². The minimum Gasteiger partial charge on any atom is -0.449 e. The average Bonchev–Trinajstić information content (AvgIpc) is 3.03. The van der Waals surface area contributed by atoms with Crippen LogP contribution < -0.4 is 5.32 Å². The number of nitrogens with zero attached hydrogens (tertiary/aromatic N) is 3. The van der Waals surface area contributed by atoms with E-state index in [1.807, 2.05) is 12.1 Å². The summed E-state index contributed by atoms with van der Waals surface area (Å²) in [4.78, 5) is 11.2. The van der Waals surface area contributed by atoms with Crippen molar-refractivity contribution in [2.75, 3.05) is 5.32 Å². The molecule has 0 spiro atoms. The van der Waals surface area contributed by atoms with E-state index in [4.69, 9.17) is 21.3 Å². The van der Waals surface area contributed by atoms with Gasteiger partial charge in [-0.2, -0.15) is 10.2 Å². The van der Waals surface area contributed by atoms with Crippen LogP contribution in [0, 0.1) is 11.3 Å². The molecule has 6 nitrogen and oxygen atoms in total. The fourth-order valence-corrected chi connectivity index (χ4v) is 1.92. The number of anilines is 1. The average molecular weight is 274 g/mol. The second-order valence-electron chi connectivity index (χ2n) is 3.81. The molecule has 0 aliphatic rings. The third-order valence-corrected chi connectivity index (χ3v) is 2.76. The van der Waals surface area contributed by atoms with Crippen LogP contribution in [0.2, 0.25) is 5.28 Å². The first kappa shape index (κ1) is 11.6. The molecule has 0 amide bonds. The summed E-state index contributed by atoms with van der Waals surface area (Å²) >= 11 is 5.84. The molecule has 7 heteroatoms. The van der Waals surface area contributed by atoms with Crippen molar-refractivity contribution < 1.29 is 4.42 Å². The number of rotatable bonds is 3. The van der Waals surface area contributed by atoms with E-state index in [9.17, 15) is 0 Å². The molecule has 19 heavy (non-hydrogen) atoms. The topological polar surface area (TPSA) is 90.5 Å². The van der Waals surface area contributed by atoms with Gasteiger partial charge in [0.2, 0.25) is 11.0 Å².